The molecule has 4 saturated heterocycles. The average molecular weight is 1980 g/mol. The summed E-state index contributed by atoms with van der Waals surface area (Å²) < 4.78 is 200. The lowest BCUT2D eigenvalue weighted by molar-refractivity contribution is -0.138. The monoisotopic (exact) mass is 1970 g/mol. The second-order valence-corrected chi connectivity index (χ2v) is 34.5. The standard InChI is InChI=1S/C24H26F3N5O3.2C23H23F3N4O4.C22H23F3N4O4S.ClH/c1-23(2)21(35)31(11-9-28-23)17-7-8-19-18(14-17)29-22(32(19)10-4-12-33)30-20(34)15-5-3-6-16(13-15)24(25,26)27;24-23(25,26)16-5-1-4-15(12-16)21(33)28-22-27-18-13-17(29-9-3-11-34-14-20(29)32)6-7-19(18)30(22)8-2-10-31;24-23(25,26)16-4-1-3-15(13-16)21(33)28-22-27-18-14-17(29-9-12-34-11-7-20(29)32)5-6-19(18)30(22)8-2-10-31;23-22(24,25)16-6-3-5-15(13-16)20(31)27-21-26-18-14-17(29-10-1-2-12-34(29,32)33)7-8-19(18)28(21)9-4-11-30;/h3,5-8,13-14,28,33H,4,9-12H2,1-2H3,(H,29,30,34);1,4-7,12-13,31H,2-3,8-11,14H2,(H,27,28,33);1,3-6,13-14,31H,2,7-12H2,(H,27,28,33);3,5-8,13-14,30H,1-2,4,9-12H2,(H,26,27,31);1H. The largest absolute Gasteiger partial charge is 0.416 e. The molecule has 0 saturated carbocycles. The molecule has 4 aliphatic rings. The maximum absolute atomic E-state index is 13.1. The number of carbonyl (C=O) groups excluding carboxylic acids is 7. The first-order chi connectivity index (χ1) is 65.2. The van der Waals surface area contributed by atoms with Gasteiger partial charge in [-0.3, -0.25) is 59.1 Å². The lowest BCUT2D eigenvalue weighted by Crippen LogP contribution is -2.61. The number of imidazole rings is 4. The van der Waals surface area contributed by atoms with Crippen LogP contribution in [0.2, 0.25) is 0 Å². The molecule has 7 amide bonds. The minimum Gasteiger partial charge on any atom is -0.396 e. The van der Waals surface area contributed by atoms with Gasteiger partial charge < -0.3 is 68.2 Å². The van der Waals surface area contributed by atoms with E-state index in [1.54, 1.807) is 106 Å². The quantitative estimate of drug-likeness (QED) is 0.0254. The molecule has 0 atom stereocenters. The van der Waals surface area contributed by atoms with Crippen LogP contribution >= 0.6 is 12.4 Å². The second-order valence-electron chi connectivity index (χ2n) is 32.4. The van der Waals surface area contributed by atoms with Crippen molar-refractivity contribution >= 4 is 154 Å². The van der Waals surface area contributed by atoms with E-state index in [1.165, 1.54) is 46.8 Å². The Hall–Kier alpha value is -13.2. The Morgan fingerprint density at radius 2 is 0.746 bits per heavy atom. The van der Waals surface area contributed by atoms with E-state index >= 15 is 0 Å². The Labute approximate surface area is 786 Å². The molecular formula is C92H96ClF12N17O15S. The Balaban J connectivity index is 0.000000165. The number of hydrogen-bond donors (Lipinski definition) is 9. The van der Waals surface area contributed by atoms with Crippen LogP contribution in [0.1, 0.15) is 129 Å². The predicted molar refractivity (Wildman–Crippen MR) is 491 cm³/mol. The van der Waals surface area contributed by atoms with Crippen LogP contribution in [0.3, 0.4) is 0 Å². The first-order valence-electron chi connectivity index (χ1n) is 43.4. The summed E-state index contributed by atoms with van der Waals surface area (Å²) in [5, 5.41) is 50.6. The van der Waals surface area contributed by atoms with Gasteiger partial charge in [0.1, 0.15) is 6.61 Å². The molecular weight excluding hydrogens is 1880 g/mol. The Bertz CT molecular complexity index is 6380. The molecule has 0 spiro atoms. The van der Waals surface area contributed by atoms with Crippen LogP contribution in [-0.2, 0) is 84.8 Å². The fraction of sp³-hybridized carbons (Fsp3) is 0.359. The second kappa shape index (κ2) is 44.5. The molecule has 0 radical (unpaired) electrons. The van der Waals surface area contributed by atoms with E-state index in [9.17, 15) is 115 Å². The van der Waals surface area contributed by atoms with E-state index in [-0.39, 0.29) is 128 Å². The lowest BCUT2D eigenvalue weighted by Gasteiger charge is -2.38. The number of hydrogen-bond acceptors (Lipinski definition) is 20. The fourth-order valence-electron chi connectivity index (χ4n) is 15.6. The summed E-state index contributed by atoms with van der Waals surface area (Å²) in [6, 6.07) is 37.2. The van der Waals surface area contributed by atoms with E-state index < -0.39 is 86.1 Å². The van der Waals surface area contributed by atoms with Crippen LogP contribution in [0.5, 0.6) is 0 Å². The number of aryl methyl sites for hydroxylation is 4. The van der Waals surface area contributed by atoms with Gasteiger partial charge in [0.25, 0.3) is 29.5 Å². The van der Waals surface area contributed by atoms with Crippen LogP contribution in [0.15, 0.2) is 170 Å². The Morgan fingerprint density at radius 1 is 0.406 bits per heavy atom. The Kier molecular flexibility index (Phi) is 33.5. The molecule has 0 bridgehead atoms. The van der Waals surface area contributed by atoms with Gasteiger partial charge in [-0.15, -0.1) is 12.4 Å². The topological polar surface area (TPSA) is 397 Å². The van der Waals surface area contributed by atoms with E-state index in [0.717, 1.165) is 61.0 Å². The average Bonchev–Trinajstić information content (AvgIpc) is 1.47. The van der Waals surface area contributed by atoms with Crippen LogP contribution in [-0.4, -0.2) is 205 Å². The smallest absolute Gasteiger partial charge is 0.396 e. The van der Waals surface area contributed by atoms with Gasteiger partial charge in [-0.1, -0.05) is 24.3 Å². The van der Waals surface area contributed by atoms with Gasteiger partial charge >= 0.3 is 24.7 Å². The third kappa shape index (κ3) is 25.0. The Morgan fingerprint density at radius 3 is 1.09 bits per heavy atom. The minimum atomic E-state index is -4.59. The molecule has 0 unspecified atom stereocenters. The maximum atomic E-state index is 13.1. The van der Waals surface area contributed by atoms with E-state index in [4.69, 9.17) is 9.47 Å². The number of benzene rings is 8. The number of aliphatic hydroxyl groups excluding tert-OH is 4. The SMILES string of the molecule is CC1(C)NCCN(c2ccc3c(c2)nc(NC(=O)c2cccc(C(F)(F)F)c2)n3CCCO)C1=O.Cl.O=C(Nc1nc2cc(N3CCCCS3(=O)=O)ccc2n1CCCO)c1cccc(C(F)(F)F)c1.O=C(Nc1nc2cc(N3CCCOCC3=O)ccc2n1CCCO)c1cccc(C(F)(F)F)c1.O=C(Nc1nc2cc(N3CCOCCC3=O)ccc2n1CCCO)c1cccc(C(F)(F)F)c1. The molecule has 4 aliphatic heterocycles. The number of nitrogens with one attached hydrogen (secondary N) is 5. The number of sulfonamides is 1. The van der Waals surface area contributed by atoms with Gasteiger partial charge in [0.2, 0.25) is 45.6 Å². The van der Waals surface area contributed by atoms with Crippen molar-refractivity contribution in [3.63, 3.8) is 0 Å². The highest BCUT2D eigenvalue weighted by Gasteiger charge is 2.39. The van der Waals surface area contributed by atoms with E-state index in [1.807, 2.05) is 13.8 Å². The van der Waals surface area contributed by atoms with E-state index in [0.29, 0.717) is 178 Å². The number of piperazine rings is 1. The third-order valence-electron chi connectivity index (χ3n) is 22.5. The zero-order valence-electron chi connectivity index (χ0n) is 74.0. The van der Waals surface area contributed by atoms with Crippen molar-refractivity contribution in [1.82, 2.24) is 43.5 Å². The van der Waals surface area contributed by atoms with Crippen LogP contribution in [0, 0.1) is 0 Å². The van der Waals surface area contributed by atoms with Crippen molar-refractivity contribution in [2.75, 3.05) is 132 Å². The van der Waals surface area contributed by atoms with Gasteiger partial charge in [0.05, 0.1) is 103 Å². The minimum absolute atomic E-state index is 0. The molecule has 4 aromatic heterocycles. The molecule has 16 rings (SSSR count). The van der Waals surface area contributed by atoms with Gasteiger partial charge in [0.15, 0.2) is 0 Å². The number of aliphatic hydroxyl groups is 4. The number of rotatable bonds is 24. The lowest BCUT2D eigenvalue weighted by atomic mass is 10.00. The molecule has 138 heavy (non-hydrogen) atoms. The van der Waals surface area contributed by atoms with E-state index in [2.05, 4.69) is 46.5 Å². The van der Waals surface area contributed by atoms with Crippen molar-refractivity contribution in [1.29, 1.82) is 0 Å². The van der Waals surface area contributed by atoms with Gasteiger partial charge in [-0.25, -0.2) is 28.4 Å². The highest BCUT2D eigenvalue weighted by molar-refractivity contribution is 7.92. The van der Waals surface area contributed by atoms with Gasteiger partial charge in [-0.05, 0) is 204 Å². The highest BCUT2D eigenvalue weighted by atomic mass is 35.5. The fourth-order valence-corrected chi connectivity index (χ4v) is 17.2. The molecule has 8 aromatic carbocycles. The number of amides is 7. The summed E-state index contributed by atoms with van der Waals surface area (Å²) in [5.41, 5.74) is 1.72. The number of aromatic nitrogens is 8. The maximum Gasteiger partial charge on any atom is 0.416 e. The summed E-state index contributed by atoms with van der Waals surface area (Å²) in [4.78, 5) is 111. The number of anilines is 8. The zero-order chi connectivity index (χ0) is 98.5. The number of halogens is 13. The first-order valence-corrected chi connectivity index (χ1v) is 45.0. The number of nitrogens with zero attached hydrogens (tertiary/aromatic N) is 12. The van der Waals surface area contributed by atoms with Crippen molar-refractivity contribution in [2.24, 2.45) is 0 Å². The number of carbonyl (C=O) groups is 7. The normalized spacial score (nSPS) is 15.4. The highest BCUT2D eigenvalue weighted by Crippen LogP contribution is 2.38. The molecule has 9 N–H and O–H groups in total. The summed E-state index contributed by atoms with van der Waals surface area (Å²) >= 11 is 0. The summed E-state index contributed by atoms with van der Waals surface area (Å²) in [7, 11) is -3.43. The van der Waals surface area contributed by atoms with Crippen molar-refractivity contribution in [2.45, 2.75) is 122 Å². The molecule has 4 fully saturated rings. The predicted octanol–water partition coefficient (Wildman–Crippen LogP) is 14.3. The van der Waals surface area contributed by atoms with Gasteiger partial charge in [0, 0.05) is 131 Å². The van der Waals surface area contributed by atoms with Crippen LogP contribution < -0.4 is 45.6 Å². The molecule has 46 heteroatoms. The number of alkyl halides is 12. The molecule has 32 nitrogen and oxygen atoms in total. The zero-order valence-corrected chi connectivity index (χ0v) is 75.7. The summed E-state index contributed by atoms with van der Waals surface area (Å²) in [6.07, 6.45) is -14.5. The molecule has 8 heterocycles. The summed E-state index contributed by atoms with van der Waals surface area (Å²) in [5.74, 6) is -2.77. The molecule has 12 aromatic rings. The van der Waals surface area contributed by atoms with Crippen LogP contribution in [0.25, 0.3) is 44.1 Å². The van der Waals surface area contributed by atoms with Crippen LogP contribution in [0.4, 0.5) is 99.2 Å². The van der Waals surface area contributed by atoms with Crippen molar-refractivity contribution < 1.29 is 125 Å². The summed E-state index contributed by atoms with van der Waals surface area (Å²) in [6.45, 7) is 8.07. The van der Waals surface area contributed by atoms with Crippen molar-refractivity contribution in [3.05, 3.63) is 214 Å². The van der Waals surface area contributed by atoms with Crippen molar-refractivity contribution in [3.8, 4) is 0 Å². The number of ether oxygens (including phenoxy) is 2. The molecule has 736 valence electrons. The first kappa shape index (κ1) is 104. The molecule has 0 aliphatic carbocycles. The number of fused-ring (bicyclic) bond motifs is 4. The van der Waals surface area contributed by atoms with Gasteiger partial charge in [-0.2, -0.15) is 52.7 Å². The third-order valence-corrected chi connectivity index (χ3v) is 24.3.